The minimum absolute atomic E-state index is 0.154. The molecule has 0 aliphatic carbocycles. The van der Waals surface area contributed by atoms with Crippen molar-refractivity contribution in [2.24, 2.45) is 0 Å². The highest BCUT2D eigenvalue weighted by atomic mass is 35.5. The summed E-state index contributed by atoms with van der Waals surface area (Å²) in [6.07, 6.45) is 4.04. The Morgan fingerprint density at radius 3 is 2.76 bits per heavy atom. The van der Waals surface area contributed by atoms with Gasteiger partial charge in [-0.15, -0.1) is 0 Å². The summed E-state index contributed by atoms with van der Waals surface area (Å²) in [5.74, 6) is 1.69. The molecule has 0 spiro atoms. The maximum Gasteiger partial charge on any atom is 0.269 e. The molecule has 1 amide bonds. The third kappa shape index (κ3) is 5.90. The molecular weight excluding hydrogens is 436 g/mol. The molecule has 4 aromatic rings. The van der Waals surface area contributed by atoms with Crippen LogP contribution < -0.4 is 10.1 Å². The molecular formula is C26H27ClN4O2. The maximum atomic E-state index is 12.2. The summed E-state index contributed by atoms with van der Waals surface area (Å²) in [5, 5.41) is 3.68. The third-order valence-corrected chi connectivity index (χ3v) is 5.84. The predicted molar refractivity (Wildman–Crippen MR) is 131 cm³/mol. The van der Waals surface area contributed by atoms with Crippen LogP contribution in [0, 0.1) is 6.92 Å². The number of hydrogen-bond acceptors (Lipinski definition) is 4. The minimum atomic E-state index is -0.154. The predicted octanol–water partition coefficient (Wildman–Crippen LogP) is 5.22. The fourth-order valence-corrected chi connectivity index (χ4v) is 3.84. The Hall–Kier alpha value is -3.38. The van der Waals surface area contributed by atoms with Gasteiger partial charge in [-0.3, -0.25) is 9.78 Å². The molecule has 0 aliphatic heterocycles. The van der Waals surface area contributed by atoms with Gasteiger partial charge in [-0.05, 0) is 67.8 Å². The van der Waals surface area contributed by atoms with Crippen LogP contribution >= 0.6 is 11.6 Å². The second-order valence-corrected chi connectivity index (χ2v) is 8.26. The highest BCUT2D eigenvalue weighted by Gasteiger charge is 2.11. The topological polar surface area (TPSA) is 69.0 Å². The molecule has 0 fully saturated rings. The van der Waals surface area contributed by atoms with Crippen molar-refractivity contribution in [3.8, 4) is 5.75 Å². The second-order valence-electron chi connectivity index (χ2n) is 7.86. The Bertz CT molecular complexity index is 1220. The van der Waals surface area contributed by atoms with E-state index in [4.69, 9.17) is 21.3 Å². The molecule has 0 aliphatic rings. The number of benzene rings is 2. The number of nitrogens with one attached hydrogen (secondary N) is 1. The Morgan fingerprint density at radius 1 is 1.09 bits per heavy atom. The first kappa shape index (κ1) is 22.8. The zero-order chi connectivity index (χ0) is 23.0. The largest absolute Gasteiger partial charge is 0.494 e. The molecule has 1 N–H and O–H groups in total. The number of aryl methyl sites for hydroxylation is 3. The highest BCUT2D eigenvalue weighted by Crippen LogP contribution is 2.22. The summed E-state index contributed by atoms with van der Waals surface area (Å²) >= 11 is 6.09. The number of pyridine rings is 1. The number of imidazole rings is 1. The second kappa shape index (κ2) is 11.0. The SMILES string of the molecule is Cc1cc(OCCCn2c(CCCNC(=O)c3ccccn3)nc3ccccc32)ccc1Cl. The fourth-order valence-electron chi connectivity index (χ4n) is 3.72. The van der Waals surface area contributed by atoms with Crippen molar-refractivity contribution in [2.45, 2.75) is 32.7 Å². The van der Waals surface area contributed by atoms with E-state index in [1.165, 1.54) is 0 Å². The van der Waals surface area contributed by atoms with Crippen molar-refractivity contribution in [3.05, 3.63) is 89.0 Å². The number of ether oxygens (including phenoxy) is 1. The molecule has 2 aromatic carbocycles. The lowest BCUT2D eigenvalue weighted by molar-refractivity contribution is 0.0948. The molecule has 6 nitrogen and oxygen atoms in total. The summed E-state index contributed by atoms with van der Waals surface area (Å²) in [5.41, 5.74) is 3.54. The van der Waals surface area contributed by atoms with Crippen molar-refractivity contribution in [1.82, 2.24) is 19.9 Å². The lowest BCUT2D eigenvalue weighted by atomic mass is 10.2. The highest BCUT2D eigenvalue weighted by molar-refractivity contribution is 6.31. The summed E-state index contributed by atoms with van der Waals surface area (Å²) in [6.45, 7) is 3.95. The van der Waals surface area contributed by atoms with Crippen LogP contribution in [-0.4, -0.2) is 33.6 Å². The number of para-hydroxylation sites is 2. The Kier molecular flexibility index (Phi) is 7.58. The van der Waals surface area contributed by atoms with Gasteiger partial charge in [0, 0.05) is 30.7 Å². The van der Waals surface area contributed by atoms with Crippen molar-refractivity contribution >= 4 is 28.5 Å². The van der Waals surface area contributed by atoms with E-state index in [0.29, 0.717) is 18.8 Å². The lowest BCUT2D eigenvalue weighted by Crippen LogP contribution is -2.25. The van der Waals surface area contributed by atoms with Gasteiger partial charge in [0.05, 0.1) is 17.6 Å². The van der Waals surface area contributed by atoms with Crippen molar-refractivity contribution in [3.63, 3.8) is 0 Å². The van der Waals surface area contributed by atoms with Gasteiger partial charge in [0.25, 0.3) is 5.91 Å². The van der Waals surface area contributed by atoms with Gasteiger partial charge in [-0.2, -0.15) is 0 Å². The van der Waals surface area contributed by atoms with E-state index in [0.717, 1.165) is 59.0 Å². The van der Waals surface area contributed by atoms with Gasteiger partial charge < -0.3 is 14.6 Å². The molecule has 0 atom stereocenters. The number of hydrogen-bond donors (Lipinski definition) is 1. The molecule has 0 saturated carbocycles. The van der Waals surface area contributed by atoms with Crippen LogP contribution in [0.2, 0.25) is 5.02 Å². The summed E-state index contributed by atoms with van der Waals surface area (Å²) in [7, 11) is 0. The zero-order valence-electron chi connectivity index (χ0n) is 18.6. The van der Waals surface area contributed by atoms with Crippen LogP contribution in [0.1, 0.15) is 34.7 Å². The smallest absolute Gasteiger partial charge is 0.269 e. The van der Waals surface area contributed by atoms with E-state index in [1.807, 2.05) is 49.4 Å². The quantitative estimate of drug-likeness (QED) is 0.328. The molecule has 2 heterocycles. The number of carbonyl (C=O) groups excluding carboxylic acids is 1. The molecule has 170 valence electrons. The number of amides is 1. The van der Waals surface area contributed by atoms with Crippen molar-refractivity contribution < 1.29 is 9.53 Å². The van der Waals surface area contributed by atoms with E-state index >= 15 is 0 Å². The van der Waals surface area contributed by atoms with Gasteiger partial charge in [-0.25, -0.2) is 4.98 Å². The molecule has 0 saturated heterocycles. The summed E-state index contributed by atoms with van der Waals surface area (Å²) < 4.78 is 8.17. The van der Waals surface area contributed by atoms with E-state index in [9.17, 15) is 4.79 Å². The van der Waals surface area contributed by atoms with Crippen LogP contribution in [0.5, 0.6) is 5.75 Å². The summed E-state index contributed by atoms with van der Waals surface area (Å²) in [4.78, 5) is 21.1. The van der Waals surface area contributed by atoms with Gasteiger partial charge in [0.15, 0.2) is 0 Å². The number of fused-ring (bicyclic) bond motifs is 1. The number of nitrogens with zero attached hydrogens (tertiary/aromatic N) is 3. The van der Waals surface area contributed by atoms with E-state index in [-0.39, 0.29) is 5.91 Å². The molecule has 4 rings (SSSR count). The standard InChI is InChI=1S/C26H27ClN4O2/c1-19-18-20(12-13-21(19)27)33-17-7-16-31-24-10-3-2-8-22(24)30-25(31)11-6-15-29-26(32)23-9-4-5-14-28-23/h2-5,8-10,12-14,18H,6-7,11,15-17H2,1H3,(H,29,32). The van der Waals surface area contributed by atoms with Crippen LogP contribution in [0.3, 0.4) is 0 Å². The van der Waals surface area contributed by atoms with Gasteiger partial charge in [-0.1, -0.05) is 29.8 Å². The van der Waals surface area contributed by atoms with E-state index < -0.39 is 0 Å². The molecule has 7 heteroatoms. The molecule has 33 heavy (non-hydrogen) atoms. The monoisotopic (exact) mass is 462 g/mol. The Labute approximate surface area is 198 Å². The molecule has 0 unspecified atom stereocenters. The third-order valence-electron chi connectivity index (χ3n) is 5.42. The maximum absolute atomic E-state index is 12.2. The Balaban J connectivity index is 1.33. The van der Waals surface area contributed by atoms with Crippen molar-refractivity contribution in [1.29, 1.82) is 0 Å². The van der Waals surface area contributed by atoms with Crippen LogP contribution in [0.25, 0.3) is 11.0 Å². The van der Waals surface area contributed by atoms with E-state index in [1.54, 1.807) is 18.3 Å². The van der Waals surface area contributed by atoms with Crippen molar-refractivity contribution in [2.75, 3.05) is 13.2 Å². The average molecular weight is 463 g/mol. The lowest BCUT2D eigenvalue weighted by Gasteiger charge is -2.11. The van der Waals surface area contributed by atoms with Gasteiger partial charge in [0.2, 0.25) is 0 Å². The molecule has 2 aromatic heterocycles. The molecule has 0 radical (unpaired) electrons. The summed E-state index contributed by atoms with van der Waals surface area (Å²) in [6, 6.07) is 19.2. The van der Waals surface area contributed by atoms with E-state index in [2.05, 4.69) is 20.9 Å². The minimum Gasteiger partial charge on any atom is -0.494 e. The normalized spacial score (nSPS) is 11.0. The average Bonchev–Trinajstić information content (AvgIpc) is 3.19. The first-order valence-corrected chi connectivity index (χ1v) is 11.5. The number of carbonyl (C=O) groups is 1. The number of rotatable bonds is 10. The number of halogens is 1. The van der Waals surface area contributed by atoms with Gasteiger partial charge >= 0.3 is 0 Å². The first-order chi connectivity index (χ1) is 16.1. The fraction of sp³-hybridized carbons (Fsp3) is 0.269. The Morgan fingerprint density at radius 2 is 1.94 bits per heavy atom. The van der Waals surface area contributed by atoms with Crippen LogP contribution in [0.4, 0.5) is 0 Å². The van der Waals surface area contributed by atoms with Crippen LogP contribution in [0.15, 0.2) is 66.9 Å². The first-order valence-electron chi connectivity index (χ1n) is 11.1. The van der Waals surface area contributed by atoms with Gasteiger partial charge in [0.1, 0.15) is 17.3 Å². The number of aromatic nitrogens is 3. The zero-order valence-corrected chi connectivity index (χ0v) is 19.4. The van der Waals surface area contributed by atoms with Crippen LogP contribution in [-0.2, 0) is 13.0 Å². The molecule has 0 bridgehead atoms.